The quantitative estimate of drug-likeness (QED) is 0.635. The first-order chi connectivity index (χ1) is 9.18. The number of phenolic OH excluding ortho intramolecular Hbond substituents is 2. The van der Waals surface area contributed by atoms with E-state index in [-0.39, 0.29) is 11.5 Å². The summed E-state index contributed by atoms with van der Waals surface area (Å²) in [7, 11) is 0. The lowest BCUT2D eigenvalue weighted by molar-refractivity contribution is 0.239. The fourth-order valence-corrected chi connectivity index (χ4v) is 1.58. The van der Waals surface area contributed by atoms with Crippen LogP contribution in [-0.4, -0.2) is 10.2 Å². The average molecular weight is 257 g/mol. The first kappa shape index (κ1) is 12.8. The minimum absolute atomic E-state index is 0.0301. The van der Waals surface area contributed by atoms with Crippen LogP contribution in [0.15, 0.2) is 48.7 Å². The zero-order chi connectivity index (χ0) is 13.7. The van der Waals surface area contributed by atoms with E-state index in [0.717, 1.165) is 11.3 Å². The number of hydrogen-bond acceptors (Lipinski definition) is 4. The van der Waals surface area contributed by atoms with Gasteiger partial charge in [-0.1, -0.05) is 30.3 Å². The molecule has 4 heteroatoms. The highest BCUT2D eigenvalue weighted by atomic mass is 16.6. The summed E-state index contributed by atoms with van der Waals surface area (Å²) in [5.41, 5.74) is 4.46. The number of aromatic hydroxyl groups is 2. The van der Waals surface area contributed by atoms with E-state index in [1.54, 1.807) is 25.3 Å². The number of para-hydroxylation sites is 2. The van der Waals surface area contributed by atoms with Crippen molar-refractivity contribution in [3.05, 3.63) is 59.8 Å². The molecule has 0 saturated heterocycles. The Bertz CT molecular complexity index is 573. The Morgan fingerprint density at radius 2 is 1.79 bits per heavy atom. The number of fused-ring (bicyclic) bond motifs is 1. The van der Waals surface area contributed by atoms with Crippen LogP contribution in [0.1, 0.15) is 11.1 Å². The van der Waals surface area contributed by atoms with Gasteiger partial charge in [-0.25, -0.2) is 5.48 Å². The number of hydroxylamine groups is 1. The first-order valence-corrected chi connectivity index (χ1v) is 5.84. The molecule has 0 unspecified atom stereocenters. The molecule has 98 valence electrons. The summed E-state index contributed by atoms with van der Waals surface area (Å²) < 4.78 is 0. The Kier molecular flexibility index (Phi) is 3.93. The van der Waals surface area contributed by atoms with Gasteiger partial charge in [-0.3, -0.25) is 0 Å². The lowest BCUT2D eigenvalue weighted by Gasteiger charge is -2.11. The van der Waals surface area contributed by atoms with E-state index < -0.39 is 0 Å². The van der Waals surface area contributed by atoms with E-state index >= 15 is 0 Å². The molecular formula is C15H15NO3. The molecule has 1 heterocycles. The maximum absolute atomic E-state index is 8.96. The molecule has 1 aliphatic rings. The zero-order valence-corrected chi connectivity index (χ0v) is 10.5. The van der Waals surface area contributed by atoms with Crippen LogP contribution in [0.4, 0.5) is 0 Å². The summed E-state index contributed by atoms with van der Waals surface area (Å²) >= 11 is 0. The van der Waals surface area contributed by atoms with Crippen molar-refractivity contribution >= 4 is 6.08 Å². The van der Waals surface area contributed by atoms with Gasteiger partial charge in [0.2, 0.25) is 0 Å². The lowest BCUT2D eigenvalue weighted by atomic mass is 10.2. The highest BCUT2D eigenvalue weighted by Gasteiger charge is 2.01. The summed E-state index contributed by atoms with van der Waals surface area (Å²) in [6.07, 6.45) is 3.74. The number of rotatable bonds is 0. The van der Waals surface area contributed by atoms with Crippen molar-refractivity contribution in [3.8, 4) is 17.2 Å². The van der Waals surface area contributed by atoms with Gasteiger partial charge in [0, 0.05) is 11.8 Å². The van der Waals surface area contributed by atoms with Crippen LogP contribution in [0.3, 0.4) is 0 Å². The molecule has 0 spiro atoms. The second kappa shape index (κ2) is 5.82. The van der Waals surface area contributed by atoms with E-state index in [0.29, 0.717) is 5.56 Å². The van der Waals surface area contributed by atoms with Crippen molar-refractivity contribution in [1.82, 2.24) is 5.48 Å². The van der Waals surface area contributed by atoms with E-state index in [4.69, 9.17) is 15.1 Å². The van der Waals surface area contributed by atoms with Crippen LogP contribution in [0.25, 0.3) is 6.08 Å². The summed E-state index contributed by atoms with van der Waals surface area (Å²) in [6.45, 7) is 1.73. The third-order valence-corrected chi connectivity index (χ3v) is 2.64. The van der Waals surface area contributed by atoms with Gasteiger partial charge in [-0.05, 0) is 30.7 Å². The van der Waals surface area contributed by atoms with E-state index in [9.17, 15) is 0 Å². The summed E-state index contributed by atoms with van der Waals surface area (Å²) in [5, 5.41) is 17.8. The number of hydrogen-bond donors (Lipinski definition) is 3. The van der Waals surface area contributed by atoms with Crippen molar-refractivity contribution in [2.24, 2.45) is 0 Å². The molecule has 1 aliphatic heterocycles. The Balaban J connectivity index is 0.000000141. The third kappa shape index (κ3) is 3.19. The number of nitrogens with one attached hydrogen (secondary N) is 1. The molecule has 3 rings (SSSR count). The molecule has 0 saturated carbocycles. The molecular weight excluding hydrogens is 242 g/mol. The topological polar surface area (TPSA) is 61.7 Å². The van der Waals surface area contributed by atoms with Crippen LogP contribution >= 0.6 is 0 Å². The Morgan fingerprint density at radius 1 is 1.00 bits per heavy atom. The molecule has 19 heavy (non-hydrogen) atoms. The molecule has 0 amide bonds. The van der Waals surface area contributed by atoms with Gasteiger partial charge in [-0.15, -0.1) is 0 Å². The average Bonchev–Trinajstić information content (AvgIpc) is 2.45. The molecule has 0 radical (unpaired) electrons. The predicted molar refractivity (Wildman–Crippen MR) is 73.7 cm³/mol. The van der Waals surface area contributed by atoms with Crippen molar-refractivity contribution in [1.29, 1.82) is 0 Å². The smallest absolute Gasteiger partial charge is 0.162 e. The van der Waals surface area contributed by atoms with Crippen LogP contribution in [0, 0.1) is 6.92 Å². The third-order valence-electron chi connectivity index (χ3n) is 2.64. The zero-order valence-electron chi connectivity index (χ0n) is 10.5. The molecule has 2 aromatic rings. The van der Waals surface area contributed by atoms with Gasteiger partial charge in [0.15, 0.2) is 17.2 Å². The fourth-order valence-electron chi connectivity index (χ4n) is 1.58. The maximum atomic E-state index is 8.96. The molecule has 0 fully saturated rings. The highest BCUT2D eigenvalue weighted by Crippen LogP contribution is 2.26. The number of aryl methyl sites for hydroxylation is 1. The lowest BCUT2D eigenvalue weighted by Crippen LogP contribution is -2.13. The van der Waals surface area contributed by atoms with Gasteiger partial charge < -0.3 is 15.1 Å². The minimum Gasteiger partial charge on any atom is -0.504 e. The Labute approximate surface area is 111 Å². The van der Waals surface area contributed by atoms with Gasteiger partial charge in [0.05, 0.1) is 0 Å². The highest BCUT2D eigenvalue weighted by molar-refractivity contribution is 5.57. The largest absolute Gasteiger partial charge is 0.504 e. The molecule has 3 N–H and O–H groups in total. The van der Waals surface area contributed by atoms with E-state index in [1.807, 2.05) is 30.3 Å². The first-order valence-electron chi connectivity index (χ1n) is 5.84. The second-order valence-electron chi connectivity index (χ2n) is 4.03. The summed E-state index contributed by atoms with van der Waals surface area (Å²) in [5.74, 6) is 0.789. The standard InChI is InChI=1S/C8H7NO.C7H8O2/c1-2-4-8-7(3-1)5-6-9-10-8;1-5-3-2-4-6(8)7(5)9/h1-6,9H;2-4,8-9H,1H3. The normalized spacial score (nSPS) is 11.4. The van der Waals surface area contributed by atoms with Crippen molar-refractivity contribution in [3.63, 3.8) is 0 Å². The van der Waals surface area contributed by atoms with Crippen LogP contribution in [0.5, 0.6) is 17.2 Å². The van der Waals surface area contributed by atoms with Crippen LogP contribution in [-0.2, 0) is 0 Å². The minimum atomic E-state index is -0.0602. The fraction of sp³-hybridized carbons (Fsp3) is 0.0667. The molecule has 2 aromatic carbocycles. The molecule has 0 bridgehead atoms. The summed E-state index contributed by atoms with van der Waals surface area (Å²) in [6, 6.07) is 12.7. The van der Waals surface area contributed by atoms with Gasteiger partial charge in [0.1, 0.15) is 0 Å². The van der Waals surface area contributed by atoms with Crippen molar-refractivity contribution in [2.45, 2.75) is 6.92 Å². The number of benzene rings is 2. The SMILES string of the molecule is C1=Cc2ccccc2ON1.Cc1cccc(O)c1O. The predicted octanol–water partition coefficient (Wildman–Crippen LogP) is 2.96. The second-order valence-corrected chi connectivity index (χ2v) is 4.03. The van der Waals surface area contributed by atoms with E-state index in [1.165, 1.54) is 6.07 Å². The van der Waals surface area contributed by atoms with Crippen molar-refractivity contribution < 1.29 is 15.1 Å². The van der Waals surface area contributed by atoms with Crippen LogP contribution < -0.4 is 10.3 Å². The summed E-state index contributed by atoms with van der Waals surface area (Å²) in [4.78, 5) is 5.09. The number of phenols is 2. The molecule has 0 atom stereocenters. The van der Waals surface area contributed by atoms with E-state index in [2.05, 4.69) is 5.48 Å². The van der Waals surface area contributed by atoms with Crippen LogP contribution in [0.2, 0.25) is 0 Å². The molecule has 0 aliphatic carbocycles. The molecule has 0 aromatic heterocycles. The Hall–Kier alpha value is -2.62. The van der Waals surface area contributed by atoms with Gasteiger partial charge in [0.25, 0.3) is 0 Å². The van der Waals surface area contributed by atoms with Gasteiger partial charge in [-0.2, -0.15) is 0 Å². The van der Waals surface area contributed by atoms with Crippen molar-refractivity contribution in [2.75, 3.05) is 0 Å². The Morgan fingerprint density at radius 3 is 2.47 bits per heavy atom. The monoisotopic (exact) mass is 257 g/mol. The molecule has 4 nitrogen and oxygen atoms in total. The maximum Gasteiger partial charge on any atom is 0.162 e. The van der Waals surface area contributed by atoms with Gasteiger partial charge >= 0.3 is 0 Å².